The van der Waals surface area contributed by atoms with Crippen molar-refractivity contribution in [2.45, 2.75) is 19.6 Å². The molecule has 0 radical (unpaired) electrons. The van der Waals surface area contributed by atoms with Crippen LogP contribution in [0.5, 0.6) is 0 Å². The molecular weight excluding hydrogens is 624 g/mol. The lowest BCUT2D eigenvalue weighted by molar-refractivity contribution is -0.129. The number of rotatable bonds is 7. The molecule has 0 amide bonds. The highest BCUT2D eigenvalue weighted by atomic mass is 19.4. The fraction of sp³-hybridized carbons (Fsp3) is 0.250. The predicted molar refractivity (Wildman–Crippen MR) is 180 cm³/mol. The van der Waals surface area contributed by atoms with Crippen LogP contribution in [0, 0.1) is 13.1 Å². The Balaban J connectivity index is 0.000000356. The number of ether oxygens (including phenoxy) is 3. The highest BCUT2D eigenvalue weighted by Crippen LogP contribution is 2.38. The number of aliphatic hydroxyl groups excluding tert-OH is 2. The maximum atomic E-state index is 12.0. The van der Waals surface area contributed by atoms with Crippen molar-refractivity contribution < 1.29 is 42.2 Å². The maximum Gasteiger partial charge on any atom is 0.762 e. The van der Waals surface area contributed by atoms with E-state index in [1.54, 1.807) is 48.5 Å². The molecule has 0 aliphatic carbocycles. The normalized spacial score (nSPS) is 11.9. The molecule has 1 aliphatic heterocycles. The summed E-state index contributed by atoms with van der Waals surface area (Å²) in [6.07, 6.45) is 0. The van der Waals surface area contributed by atoms with Gasteiger partial charge in [0, 0.05) is 35.5 Å². The zero-order valence-electron chi connectivity index (χ0n) is 26.8. The summed E-state index contributed by atoms with van der Waals surface area (Å²) >= 11 is 0. The third-order valence-corrected chi connectivity index (χ3v) is 6.03. The van der Waals surface area contributed by atoms with Gasteiger partial charge in [-0.05, 0) is 13.8 Å². The minimum atomic E-state index is -3.67. The SMILES string of the molecule is CCOCC.FB(F)F.OCCO.[C-]#[N+]c1ccc(C(=O)c2ccccc2)cc1.[C-]#[N+]c1ccc(C2(c3ccccc3)OCCO2)cc1. The van der Waals surface area contributed by atoms with Crippen LogP contribution < -0.4 is 0 Å². The van der Waals surface area contributed by atoms with Crippen molar-refractivity contribution in [2.24, 2.45) is 0 Å². The minimum Gasteiger partial charge on any atom is -0.394 e. The van der Waals surface area contributed by atoms with E-state index in [1.165, 1.54) is 0 Å². The molecule has 0 unspecified atom stereocenters. The Kier molecular flexibility index (Phi) is 20.9. The molecule has 48 heavy (non-hydrogen) atoms. The van der Waals surface area contributed by atoms with Gasteiger partial charge in [0.25, 0.3) is 0 Å². The van der Waals surface area contributed by atoms with Gasteiger partial charge in [-0.2, -0.15) is 0 Å². The number of ketones is 1. The fourth-order valence-electron chi connectivity index (χ4n) is 3.97. The summed E-state index contributed by atoms with van der Waals surface area (Å²) in [6.45, 7) is 20.4. The molecular formula is C36H38BF3N2O6. The second-order valence-corrected chi connectivity index (χ2v) is 9.17. The summed E-state index contributed by atoms with van der Waals surface area (Å²) in [5.41, 5.74) is 4.33. The topological polar surface area (TPSA) is 93.9 Å². The number of carbonyl (C=O) groups is 1. The second kappa shape index (κ2) is 24.4. The minimum absolute atomic E-state index is 0.0165. The molecule has 1 aliphatic rings. The Morgan fingerprint density at radius 2 is 1.08 bits per heavy atom. The zero-order chi connectivity index (χ0) is 35.6. The molecule has 0 atom stereocenters. The lowest BCUT2D eigenvalue weighted by Crippen LogP contribution is -2.28. The van der Waals surface area contributed by atoms with E-state index in [1.807, 2.05) is 74.5 Å². The Bertz CT molecular complexity index is 1500. The predicted octanol–water partition coefficient (Wildman–Crippen LogP) is 7.85. The largest absolute Gasteiger partial charge is 0.762 e. The molecule has 0 bridgehead atoms. The number of aliphatic hydroxyl groups is 2. The van der Waals surface area contributed by atoms with E-state index in [0.29, 0.717) is 35.7 Å². The first-order valence-electron chi connectivity index (χ1n) is 14.8. The molecule has 1 fully saturated rings. The smallest absolute Gasteiger partial charge is 0.394 e. The van der Waals surface area contributed by atoms with Crippen molar-refractivity contribution >= 4 is 24.7 Å². The highest BCUT2D eigenvalue weighted by Gasteiger charge is 2.40. The Hall–Kier alpha value is -4.82. The summed E-state index contributed by atoms with van der Waals surface area (Å²) in [6, 6.07) is 33.0. The number of nitrogens with zero attached hydrogens (tertiary/aromatic N) is 2. The fourth-order valence-corrected chi connectivity index (χ4v) is 3.97. The van der Waals surface area contributed by atoms with Crippen molar-refractivity contribution in [3.8, 4) is 0 Å². The Morgan fingerprint density at radius 1 is 0.708 bits per heavy atom. The van der Waals surface area contributed by atoms with Crippen LogP contribution in [0.2, 0.25) is 0 Å². The van der Waals surface area contributed by atoms with Crippen LogP contribution in [-0.2, 0) is 20.0 Å². The molecule has 0 spiro atoms. The van der Waals surface area contributed by atoms with Gasteiger partial charge in [-0.1, -0.05) is 109 Å². The van der Waals surface area contributed by atoms with Gasteiger partial charge in [-0.15, -0.1) is 0 Å². The molecule has 4 aromatic rings. The lowest BCUT2D eigenvalue weighted by atomic mass is 9.97. The molecule has 8 nitrogen and oxygen atoms in total. The van der Waals surface area contributed by atoms with E-state index in [0.717, 1.165) is 24.3 Å². The third kappa shape index (κ3) is 14.7. The molecule has 0 saturated carbocycles. The van der Waals surface area contributed by atoms with Gasteiger partial charge < -0.3 is 24.4 Å². The average molecular weight is 663 g/mol. The molecule has 4 aromatic carbocycles. The van der Waals surface area contributed by atoms with E-state index < -0.39 is 13.3 Å². The van der Waals surface area contributed by atoms with Gasteiger partial charge in [0.1, 0.15) is 0 Å². The van der Waals surface area contributed by atoms with Gasteiger partial charge in [0.2, 0.25) is 5.79 Å². The summed E-state index contributed by atoms with van der Waals surface area (Å²) in [5, 5.41) is 15.2. The number of halogens is 3. The van der Waals surface area contributed by atoms with Crippen molar-refractivity contribution in [3.05, 3.63) is 154 Å². The lowest BCUT2D eigenvalue weighted by Gasteiger charge is -2.28. The average Bonchev–Trinajstić information content (AvgIpc) is 3.64. The van der Waals surface area contributed by atoms with Crippen LogP contribution in [-0.4, -0.2) is 63.2 Å². The number of hydrogen-bond acceptors (Lipinski definition) is 6. The summed E-state index contributed by atoms with van der Waals surface area (Å²) in [7, 11) is -3.67. The first-order valence-corrected chi connectivity index (χ1v) is 14.8. The van der Waals surface area contributed by atoms with E-state index in [2.05, 4.69) is 9.69 Å². The molecule has 1 saturated heterocycles. The first kappa shape index (κ1) is 41.2. The van der Waals surface area contributed by atoms with Crippen LogP contribution in [0.3, 0.4) is 0 Å². The van der Waals surface area contributed by atoms with Crippen LogP contribution in [0.1, 0.15) is 40.9 Å². The van der Waals surface area contributed by atoms with Gasteiger partial charge >= 0.3 is 7.54 Å². The molecule has 2 N–H and O–H groups in total. The summed E-state index contributed by atoms with van der Waals surface area (Å²) in [4.78, 5) is 18.7. The van der Waals surface area contributed by atoms with E-state index in [-0.39, 0.29) is 19.0 Å². The van der Waals surface area contributed by atoms with Gasteiger partial charge in [0.05, 0.1) is 39.6 Å². The van der Waals surface area contributed by atoms with Crippen molar-refractivity contribution in [1.29, 1.82) is 0 Å². The second-order valence-electron chi connectivity index (χ2n) is 9.17. The number of carbonyl (C=O) groups excluding carboxylic acids is 1. The van der Waals surface area contributed by atoms with Gasteiger partial charge in [0.15, 0.2) is 17.2 Å². The van der Waals surface area contributed by atoms with E-state index >= 15 is 0 Å². The first-order chi connectivity index (χ1) is 23.2. The molecule has 12 heteroatoms. The van der Waals surface area contributed by atoms with Crippen LogP contribution in [0.15, 0.2) is 109 Å². The monoisotopic (exact) mass is 662 g/mol. The van der Waals surface area contributed by atoms with Crippen LogP contribution in [0.25, 0.3) is 9.69 Å². The summed E-state index contributed by atoms with van der Waals surface area (Å²) < 4.78 is 45.6. The van der Waals surface area contributed by atoms with Crippen LogP contribution in [0.4, 0.5) is 24.3 Å². The van der Waals surface area contributed by atoms with Crippen molar-refractivity contribution in [1.82, 2.24) is 0 Å². The Labute approximate surface area is 280 Å². The third-order valence-electron chi connectivity index (χ3n) is 6.03. The maximum absolute atomic E-state index is 12.0. The Morgan fingerprint density at radius 3 is 1.46 bits per heavy atom. The van der Waals surface area contributed by atoms with Gasteiger partial charge in [-0.3, -0.25) is 17.7 Å². The van der Waals surface area contributed by atoms with Crippen molar-refractivity contribution in [3.63, 3.8) is 0 Å². The molecule has 0 aromatic heterocycles. The highest BCUT2D eigenvalue weighted by molar-refractivity contribution is 6.33. The zero-order valence-corrected chi connectivity index (χ0v) is 26.8. The van der Waals surface area contributed by atoms with E-state index in [4.69, 9.17) is 37.6 Å². The number of benzene rings is 4. The molecule has 252 valence electrons. The van der Waals surface area contributed by atoms with Crippen molar-refractivity contribution in [2.75, 3.05) is 39.6 Å². The molecule has 1 heterocycles. The number of hydrogen-bond donors (Lipinski definition) is 2. The quantitative estimate of drug-likeness (QED) is 0.119. The standard InChI is InChI=1S/C16H13NO2.C14H9NO.C4H10O.C2H6O2.BF3/c1-17-15-9-7-14(8-10-15)16(18-11-12-19-16)13-5-3-2-4-6-13;1-15-13-9-7-12(8-10-13)14(16)11-5-3-2-4-6-11;1-3-5-4-2;3-1-2-4;2-1(3)4/h2-10H,11-12H2;2-10H;3-4H2,1-2H3;3-4H,1-2H2;. The van der Waals surface area contributed by atoms with E-state index in [9.17, 15) is 17.7 Å². The summed E-state index contributed by atoms with van der Waals surface area (Å²) in [5.74, 6) is -0.848. The van der Waals surface area contributed by atoms with Crippen LogP contribution >= 0.6 is 0 Å². The molecule has 5 rings (SSSR count). The van der Waals surface area contributed by atoms with Gasteiger partial charge in [-0.25, -0.2) is 9.69 Å².